The van der Waals surface area contributed by atoms with Gasteiger partial charge in [-0.05, 0) is 35.9 Å². The maximum Gasteiger partial charge on any atom is 0.272 e. The van der Waals surface area contributed by atoms with E-state index in [1.165, 1.54) is 16.8 Å². The monoisotopic (exact) mass is 373 g/mol. The zero-order valence-corrected chi connectivity index (χ0v) is 14.6. The van der Waals surface area contributed by atoms with Crippen LogP contribution in [-0.4, -0.2) is 14.9 Å². The van der Waals surface area contributed by atoms with Gasteiger partial charge in [0.2, 0.25) is 0 Å². The Labute approximate surface area is 154 Å². The third-order valence-corrected chi connectivity index (χ3v) is 4.43. The van der Waals surface area contributed by atoms with Gasteiger partial charge >= 0.3 is 0 Å². The number of nitrogens with two attached hydrogens (primary N) is 1. The largest absolute Gasteiger partial charge is 0.391 e. The molecule has 0 aliphatic heterocycles. The fourth-order valence-electron chi connectivity index (χ4n) is 2.64. The van der Waals surface area contributed by atoms with Crippen LogP contribution in [0.15, 0.2) is 53.3 Å². The molecule has 26 heavy (non-hydrogen) atoms. The highest BCUT2D eigenvalue weighted by Gasteiger charge is 2.12. The van der Waals surface area contributed by atoms with Crippen molar-refractivity contribution in [1.29, 1.82) is 0 Å². The third kappa shape index (κ3) is 3.67. The molecule has 3 N–H and O–H groups in total. The number of rotatable bonds is 5. The minimum Gasteiger partial charge on any atom is -0.391 e. The molecule has 1 aromatic heterocycles. The molecule has 7 heteroatoms. The van der Waals surface area contributed by atoms with E-state index in [-0.39, 0.29) is 18.7 Å². The lowest BCUT2D eigenvalue weighted by atomic mass is 10.1. The second-order valence-corrected chi connectivity index (χ2v) is 6.18. The summed E-state index contributed by atoms with van der Waals surface area (Å²) in [5.41, 5.74) is 7.47. The molecule has 3 rings (SSSR count). The fraction of sp³-hybridized carbons (Fsp3) is 0.158. The third-order valence-electron chi connectivity index (χ3n) is 4.06. The first-order valence-electron chi connectivity index (χ1n) is 7.97. The quantitative estimate of drug-likeness (QED) is 0.720. The number of aromatic nitrogens is 2. The predicted octanol–water partition coefficient (Wildman–Crippen LogP) is 2.70. The van der Waals surface area contributed by atoms with Crippen LogP contribution in [-0.2, 0) is 19.7 Å². The Balaban J connectivity index is 2.10. The summed E-state index contributed by atoms with van der Waals surface area (Å²) >= 11 is 6.17. The first-order chi connectivity index (χ1) is 12.5. The maximum absolute atomic E-state index is 13.7. The molecule has 0 atom stereocenters. The summed E-state index contributed by atoms with van der Waals surface area (Å²) in [6, 6.07) is 13.1. The average Bonchev–Trinajstić information content (AvgIpc) is 2.65. The van der Waals surface area contributed by atoms with E-state index < -0.39 is 18.0 Å². The number of nitrogens with zero attached hydrogens (tertiary/aromatic N) is 2. The molecule has 0 fully saturated rings. The lowest BCUT2D eigenvalue weighted by Crippen LogP contribution is -2.27. The van der Waals surface area contributed by atoms with Crippen LogP contribution in [0, 0.1) is 5.82 Å². The summed E-state index contributed by atoms with van der Waals surface area (Å²) in [7, 11) is 0. The van der Waals surface area contributed by atoms with Gasteiger partial charge in [-0.15, -0.1) is 0 Å². The normalized spacial score (nSPS) is 10.9. The SMILES string of the molecule is NCc1cc(-c2cc(CO)c(=O)n(Cc3ccccc3Cl)n2)ccc1F. The molecule has 134 valence electrons. The summed E-state index contributed by atoms with van der Waals surface area (Å²) in [4.78, 5) is 12.5. The van der Waals surface area contributed by atoms with Gasteiger partial charge in [0.1, 0.15) is 5.82 Å². The first kappa shape index (κ1) is 18.3. The van der Waals surface area contributed by atoms with Gasteiger partial charge in [0.15, 0.2) is 0 Å². The van der Waals surface area contributed by atoms with Crippen LogP contribution in [0.1, 0.15) is 16.7 Å². The Bertz CT molecular complexity index is 1000. The second-order valence-electron chi connectivity index (χ2n) is 5.78. The van der Waals surface area contributed by atoms with Crippen LogP contribution in [0.4, 0.5) is 4.39 Å². The maximum atomic E-state index is 13.7. The summed E-state index contributed by atoms with van der Waals surface area (Å²) in [6.07, 6.45) is 0. The molecule has 0 aliphatic carbocycles. The highest BCUT2D eigenvalue weighted by Crippen LogP contribution is 2.21. The Morgan fingerprint density at radius 3 is 2.58 bits per heavy atom. The molecule has 0 aliphatic rings. The molecule has 0 spiro atoms. The predicted molar refractivity (Wildman–Crippen MR) is 98.3 cm³/mol. The molecule has 3 aromatic rings. The van der Waals surface area contributed by atoms with Crippen molar-refractivity contribution in [1.82, 2.24) is 9.78 Å². The highest BCUT2D eigenvalue weighted by molar-refractivity contribution is 6.31. The minimum atomic E-state index is -0.429. The topological polar surface area (TPSA) is 81.1 Å². The lowest BCUT2D eigenvalue weighted by Gasteiger charge is -2.12. The molecule has 0 unspecified atom stereocenters. The highest BCUT2D eigenvalue weighted by atomic mass is 35.5. The number of halogens is 2. The Kier molecular flexibility index (Phi) is 5.46. The molecule has 0 amide bonds. The van der Waals surface area contributed by atoms with E-state index in [2.05, 4.69) is 5.10 Å². The van der Waals surface area contributed by atoms with Crippen molar-refractivity contribution in [2.75, 3.05) is 0 Å². The molecular weight excluding hydrogens is 357 g/mol. The van der Waals surface area contributed by atoms with Crippen molar-refractivity contribution in [3.05, 3.63) is 86.4 Å². The van der Waals surface area contributed by atoms with Gasteiger partial charge in [-0.1, -0.05) is 29.8 Å². The molecule has 0 bridgehead atoms. The molecular formula is C19H17ClFN3O2. The van der Waals surface area contributed by atoms with Crippen LogP contribution in [0.5, 0.6) is 0 Å². The Morgan fingerprint density at radius 1 is 1.12 bits per heavy atom. The van der Waals surface area contributed by atoms with Gasteiger partial charge in [-0.25, -0.2) is 9.07 Å². The minimum absolute atomic E-state index is 0.0474. The molecule has 1 heterocycles. The number of hydrogen-bond acceptors (Lipinski definition) is 4. The van der Waals surface area contributed by atoms with E-state index >= 15 is 0 Å². The van der Waals surface area contributed by atoms with Gasteiger partial charge in [-0.2, -0.15) is 5.10 Å². The van der Waals surface area contributed by atoms with Crippen LogP contribution >= 0.6 is 11.6 Å². The Hall–Kier alpha value is -2.54. The van der Waals surface area contributed by atoms with E-state index in [0.29, 0.717) is 21.8 Å². The summed E-state index contributed by atoms with van der Waals surface area (Å²) in [5.74, 6) is -0.400. The molecule has 0 saturated carbocycles. The van der Waals surface area contributed by atoms with Gasteiger partial charge in [-0.3, -0.25) is 4.79 Å². The van der Waals surface area contributed by atoms with Crippen molar-refractivity contribution in [2.45, 2.75) is 19.7 Å². The van der Waals surface area contributed by atoms with Crippen LogP contribution in [0.2, 0.25) is 5.02 Å². The fourth-order valence-corrected chi connectivity index (χ4v) is 2.83. The summed E-state index contributed by atoms with van der Waals surface area (Å²) in [6.45, 7) is -0.224. The second kappa shape index (κ2) is 7.78. The number of aliphatic hydroxyl groups excluding tert-OH is 1. The van der Waals surface area contributed by atoms with Crippen molar-refractivity contribution in [3.63, 3.8) is 0 Å². The van der Waals surface area contributed by atoms with Crippen molar-refractivity contribution in [2.24, 2.45) is 5.73 Å². The van der Waals surface area contributed by atoms with Crippen LogP contribution < -0.4 is 11.3 Å². The lowest BCUT2D eigenvalue weighted by molar-refractivity contribution is 0.278. The van der Waals surface area contributed by atoms with E-state index in [0.717, 1.165) is 5.56 Å². The van der Waals surface area contributed by atoms with E-state index in [4.69, 9.17) is 17.3 Å². The van der Waals surface area contributed by atoms with Crippen molar-refractivity contribution >= 4 is 11.6 Å². The van der Waals surface area contributed by atoms with Crippen molar-refractivity contribution < 1.29 is 9.50 Å². The number of benzene rings is 2. The van der Waals surface area contributed by atoms with E-state index in [1.54, 1.807) is 30.3 Å². The summed E-state index contributed by atoms with van der Waals surface area (Å²) < 4.78 is 14.9. The van der Waals surface area contributed by atoms with E-state index in [9.17, 15) is 14.3 Å². The van der Waals surface area contributed by atoms with Crippen LogP contribution in [0.25, 0.3) is 11.3 Å². The number of hydrogen-bond donors (Lipinski definition) is 2. The molecule has 2 aromatic carbocycles. The van der Waals surface area contributed by atoms with Crippen molar-refractivity contribution in [3.8, 4) is 11.3 Å². The first-order valence-corrected chi connectivity index (χ1v) is 8.35. The molecule has 0 radical (unpaired) electrons. The van der Waals surface area contributed by atoms with E-state index in [1.807, 2.05) is 6.07 Å². The van der Waals surface area contributed by atoms with Gasteiger partial charge < -0.3 is 10.8 Å². The molecule has 0 saturated heterocycles. The zero-order chi connectivity index (χ0) is 18.7. The molecule has 5 nitrogen and oxygen atoms in total. The van der Waals surface area contributed by atoms with Gasteiger partial charge in [0, 0.05) is 28.3 Å². The number of aliphatic hydroxyl groups is 1. The van der Waals surface area contributed by atoms with Gasteiger partial charge in [0.25, 0.3) is 5.56 Å². The van der Waals surface area contributed by atoms with Crippen LogP contribution in [0.3, 0.4) is 0 Å². The zero-order valence-electron chi connectivity index (χ0n) is 13.8. The van der Waals surface area contributed by atoms with Gasteiger partial charge in [0.05, 0.1) is 18.8 Å². The smallest absolute Gasteiger partial charge is 0.272 e. The standard InChI is InChI=1S/C19H17ClFN3O2/c20-16-4-2-1-3-13(16)10-24-19(26)15(11-25)8-18(23-24)12-5-6-17(21)14(7-12)9-22/h1-8,25H,9-11,22H2. The summed E-state index contributed by atoms with van der Waals surface area (Å²) in [5, 5.41) is 14.4. The average molecular weight is 374 g/mol. The Morgan fingerprint density at radius 2 is 1.88 bits per heavy atom.